The molecule has 0 bridgehead atoms. The molecule has 2 N–H and O–H groups in total. The monoisotopic (exact) mass is 320 g/mol. The van der Waals surface area contributed by atoms with Crippen LogP contribution in [0.25, 0.3) is 0 Å². The quantitative estimate of drug-likeness (QED) is 0.888. The zero-order chi connectivity index (χ0) is 13.1. The van der Waals surface area contributed by atoms with E-state index in [4.69, 9.17) is 11.6 Å². The van der Waals surface area contributed by atoms with Crippen LogP contribution < -0.4 is 5.32 Å². The molecule has 0 fully saturated rings. The van der Waals surface area contributed by atoms with Crippen molar-refractivity contribution in [2.75, 3.05) is 11.9 Å². The van der Waals surface area contributed by atoms with Gasteiger partial charge in [-0.15, -0.1) is 0 Å². The Kier molecular flexibility index (Phi) is 5.22. The average molecular weight is 322 g/mol. The number of rotatable bonds is 4. The Labute approximate surface area is 116 Å². The highest BCUT2D eigenvalue weighted by Gasteiger charge is 2.16. The molecule has 17 heavy (non-hydrogen) atoms. The highest BCUT2D eigenvalue weighted by atomic mass is 79.9. The molecule has 0 aliphatic heterocycles. The van der Waals surface area contributed by atoms with Crippen molar-refractivity contribution in [1.82, 2.24) is 4.98 Å². The molecule has 1 aromatic heterocycles. The number of aliphatic hydroxyl groups is 1. The highest BCUT2D eigenvalue weighted by molar-refractivity contribution is 9.10. The number of hydrogen-bond acceptors (Lipinski definition) is 3. The summed E-state index contributed by atoms with van der Waals surface area (Å²) < 4.78 is 0.836. The van der Waals surface area contributed by atoms with Crippen molar-refractivity contribution in [2.45, 2.75) is 33.3 Å². The van der Waals surface area contributed by atoms with Crippen LogP contribution in [0.1, 0.15) is 27.2 Å². The molecule has 0 aromatic carbocycles. The molecule has 0 amide bonds. The normalized spacial score (nSPS) is 13.5. The molecule has 1 rings (SSSR count). The third-order valence-electron chi connectivity index (χ3n) is 2.16. The minimum atomic E-state index is -0.406. The molecule has 96 valence electrons. The van der Waals surface area contributed by atoms with Crippen LogP contribution in [-0.2, 0) is 0 Å². The van der Waals surface area contributed by atoms with E-state index in [1.165, 1.54) is 0 Å². The maximum atomic E-state index is 9.85. The summed E-state index contributed by atoms with van der Waals surface area (Å²) in [5.74, 6) is 0.600. The number of aliphatic hydroxyl groups excluding tert-OH is 1. The van der Waals surface area contributed by atoms with Gasteiger partial charge in [0, 0.05) is 17.2 Å². The largest absolute Gasteiger partial charge is 0.391 e. The number of nitrogens with one attached hydrogen (secondary N) is 1. The van der Waals surface area contributed by atoms with Crippen molar-refractivity contribution in [3.63, 3.8) is 0 Å². The Morgan fingerprint density at radius 3 is 2.71 bits per heavy atom. The van der Waals surface area contributed by atoms with E-state index < -0.39 is 6.10 Å². The van der Waals surface area contributed by atoms with Gasteiger partial charge in [-0.25, -0.2) is 4.98 Å². The Hall–Kier alpha value is -0.320. The van der Waals surface area contributed by atoms with Gasteiger partial charge in [-0.2, -0.15) is 0 Å². The second-order valence-corrected chi connectivity index (χ2v) is 6.61. The van der Waals surface area contributed by atoms with Crippen molar-refractivity contribution in [3.8, 4) is 0 Å². The fourth-order valence-corrected chi connectivity index (χ4v) is 2.23. The minimum absolute atomic E-state index is 0.109. The van der Waals surface area contributed by atoms with Crippen molar-refractivity contribution in [2.24, 2.45) is 5.41 Å². The van der Waals surface area contributed by atoms with Crippen LogP contribution in [0.2, 0.25) is 5.02 Å². The van der Waals surface area contributed by atoms with Crippen LogP contribution >= 0.6 is 27.5 Å². The molecular weight excluding hydrogens is 304 g/mol. The van der Waals surface area contributed by atoms with Crippen LogP contribution in [0.5, 0.6) is 0 Å². The van der Waals surface area contributed by atoms with E-state index in [0.29, 0.717) is 17.4 Å². The topological polar surface area (TPSA) is 45.1 Å². The SMILES string of the molecule is CC(C)(C)CC(O)CNc1ncc(Br)cc1Cl. The van der Waals surface area contributed by atoms with E-state index in [1.54, 1.807) is 12.3 Å². The Balaban J connectivity index is 2.50. The van der Waals surface area contributed by atoms with Gasteiger partial charge >= 0.3 is 0 Å². The van der Waals surface area contributed by atoms with Gasteiger partial charge in [0.15, 0.2) is 0 Å². The summed E-state index contributed by atoms with van der Waals surface area (Å²) >= 11 is 9.30. The molecule has 0 saturated carbocycles. The molecular formula is C12H18BrClN2O. The van der Waals surface area contributed by atoms with E-state index in [9.17, 15) is 5.11 Å². The van der Waals surface area contributed by atoms with Crippen molar-refractivity contribution in [3.05, 3.63) is 21.8 Å². The van der Waals surface area contributed by atoms with Crippen LogP contribution in [0, 0.1) is 5.41 Å². The molecule has 1 heterocycles. The van der Waals surface area contributed by atoms with E-state index in [-0.39, 0.29) is 5.41 Å². The number of anilines is 1. The van der Waals surface area contributed by atoms with Gasteiger partial charge in [0.25, 0.3) is 0 Å². The summed E-state index contributed by atoms with van der Waals surface area (Å²) in [6.45, 7) is 6.74. The number of hydrogen-bond donors (Lipinski definition) is 2. The molecule has 0 aliphatic rings. The van der Waals surface area contributed by atoms with Gasteiger partial charge in [0.05, 0.1) is 11.1 Å². The van der Waals surface area contributed by atoms with Gasteiger partial charge in [-0.1, -0.05) is 32.4 Å². The molecule has 0 radical (unpaired) electrons. The second-order valence-electron chi connectivity index (χ2n) is 5.28. The summed E-state index contributed by atoms with van der Waals surface area (Å²) in [4.78, 5) is 4.15. The van der Waals surface area contributed by atoms with Gasteiger partial charge in [0.1, 0.15) is 5.82 Å². The first-order valence-corrected chi connectivity index (χ1v) is 6.68. The van der Waals surface area contributed by atoms with Crippen molar-refractivity contribution in [1.29, 1.82) is 0 Å². The van der Waals surface area contributed by atoms with E-state index in [2.05, 4.69) is 47.0 Å². The van der Waals surface area contributed by atoms with Gasteiger partial charge in [-0.05, 0) is 33.8 Å². The Bertz CT molecular complexity index is 379. The predicted octanol–water partition coefficient (Wildman–Crippen LogP) is 3.71. The summed E-state index contributed by atoms with van der Waals surface area (Å²) in [6, 6.07) is 1.77. The fourth-order valence-electron chi connectivity index (χ4n) is 1.54. The fraction of sp³-hybridized carbons (Fsp3) is 0.583. The lowest BCUT2D eigenvalue weighted by molar-refractivity contribution is 0.132. The van der Waals surface area contributed by atoms with E-state index >= 15 is 0 Å². The van der Waals surface area contributed by atoms with Crippen molar-refractivity contribution < 1.29 is 5.11 Å². The van der Waals surface area contributed by atoms with Gasteiger partial charge in [-0.3, -0.25) is 0 Å². The highest BCUT2D eigenvalue weighted by Crippen LogP contribution is 2.24. The molecule has 0 aliphatic carbocycles. The lowest BCUT2D eigenvalue weighted by atomic mass is 9.89. The molecule has 3 nitrogen and oxygen atoms in total. The van der Waals surface area contributed by atoms with Crippen molar-refractivity contribution >= 4 is 33.3 Å². The van der Waals surface area contributed by atoms with E-state index in [0.717, 1.165) is 10.9 Å². The minimum Gasteiger partial charge on any atom is -0.391 e. The number of halogens is 2. The first-order chi connectivity index (χ1) is 7.78. The molecule has 0 saturated heterocycles. The van der Waals surface area contributed by atoms with Gasteiger partial charge < -0.3 is 10.4 Å². The van der Waals surface area contributed by atoms with Crippen LogP contribution in [0.3, 0.4) is 0 Å². The summed E-state index contributed by atoms with van der Waals surface area (Å²) in [7, 11) is 0. The molecule has 0 spiro atoms. The summed E-state index contributed by atoms with van der Waals surface area (Å²) in [6.07, 6.45) is 2.00. The Morgan fingerprint density at radius 1 is 1.53 bits per heavy atom. The Morgan fingerprint density at radius 2 is 2.18 bits per heavy atom. The zero-order valence-electron chi connectivity index (χ0n) is 10.3. The number of aromatic nitrogens is 1. The number of nitrogens with zero attached hydrogens (tertiary/aromatic N) is 1. The number of pyridine rings is 1. The first kappa shape index (κ1) is 14.7. The predicted molar refractivity (Wildman–Crippen MR) is 75.5 cm³/mol. The molecule has 5 heteroatoms. The second kappa shape index (κ2) is 6.03. The third kappa shape index (κ3) is 5.70. The molecule has 1 aromatic rings. The first-order valence-electron chi connectivity index (χ1n) is 5.51. The maximum Gasteiger partial charge on any atom is 0.144 e. The average Bonchev–Trinajstić information content (AvgIpc) is 2.13. The van der Waals surface area contributed by atoms with E-state index in [1.807, 2.05) is 0 Å². The lowest BCUT2D eigenvalue weighted by Crippen LogP contribution is -2.25. The third-order valence-corrected chi connectivity index (χ3v) is 2.88. The standard InChI is InChI=1S/C12H18BrClN2O/c1-12(2,3)5-9(17)7-16-11-10(14)4-8(13)6-15-11/h4,6,9,17H,5,7H2,1-3H3,(H,15,16). The van der Waals surface area contributed by atoms with Crippen LogP contribution in [-0.4, -0.2) is 22.7 Å². The van der Waals surface area contributed by atoms with Crippen LogP contribution in [0.4, 0.5) is 5.82 Å². The smallest absolute Gasteiger partial charge is 0.144 e. The van der Waals surface area contributed by atoms with Gasteiger partial charge in [0.2, 0.25) is 0 Å². The maximum absolute atomic E-state index is 9.85. The lowest BCUT2D eigenvalue weighted by Gasteiger charge is -2.22. The molecule has 1 atom stereocenters. The zero-order valence-corrected chi connectivity index (χ0v) is 12.6. The summed E-state index contributed by atoms with van der Waals surface area (Å²) in [5.41, 5.74) is 0.109. The summed E-state index contributed by atoms with van der Waals surface area (Å²) in [5, 5.41) is 13.4. The van der Waals surface area contributed by atoms with Crippen LogP contribution in [0.15, 0.2) is 16.7 Å². The molecule has 1 unspecified atom stereocenters.